The Balaban J connectivity index is 5.10. The van der Waals surface area contributed by atoms with E-state index in [2.05, 4.69) is 26.1 Å². The second-order valence-corrected chi connectivity index (χ2v) is 5.85. The third-order valence-electron chi connectivity index (χ3n) is 3.96. The molecule has 6 nitrogen and oxygen atoms in total. The van der Waals surface area contributed by atoms with Gasteiger partial charge in [0.25, 0.3) is 0 Å². The number of hydrogen-bond acceptors (Lipinski definition) is 6. The maximum absolute atomic E-state index is 6.43. The van der Waals surface area contributed by atoms with Crippen LogP contribution >= 0.6 is 0 Å². The molecule has 0 radical (unpaired) electrons. The highest BCUT2D eigenvalue weighted by molar-refractivity contribution is 4.96. The van der Waals surface area contributed by atoms with Crippen molar-refractivity contribution < 1.29 is 0 Å². The van der Waals surface area contributed by atoms with Gasteiger partial charge in [0.1, 0.15) is 11.6 Å². The molecule has 2 unspecified atom stereocenters. The number of hydrogen-bond donors (Lipinski definition) is 5. The second kappa shape index (κ2) is 5.17. The molecule has 0 aliphatic heterocycles. The van der Waals surface area contributed by atoms with Crippen molar-refractivity contribution in [3.63, 3.8) is 0 Å². The predicted octanol–water partition coefficient (Wildman–Crippen LogP) is -1.04. The van der Waals surface area contributed by atoms with Gasteiger partial charge in [-0.1, -0.05) is 20.8 Å². The van der Waals surface area contributed by atoms with Crippen LogP contribution in [0, 0.1) is 11.3 Å². The van der Waals surface area contributed by atoms with Gasteiger partial charge in [0, 0.05) is 5.41 Å². The summed E-state index contributed by atoms with van der Waals surface area (Å²) < 4.78 is 0. The SMILES string of the molecule is CNC(N)(N(C)C)C(C)(C)C(C)CC(N)(N)N. The molecule has 0 spiro atoms. The van der Waals surface area contributed by atoms with E-state index in [4.69, 9.17) is 22.9 Å². The fourth-order valence-corrected chi connectivity index (χ4v) is 2.28. The second-order valence-electron chi connectivity index (χ2n) is 5.85. The molecule has 0 heterocycles. The van der Waals surface area contributed by atoms with Gasteiger partial charge in [0.05, 0.1) is 0 Å². The van der Waals surface area contributed by atoms with Gasteiger partial charge in [-0.2, -0.15) is 0 Å². The number of rotatable bonds is 6. The average Bonchev–Trinajstić information content (AvgIpc) is 2.12. The van der Waals surface area contributed by atoms with Crippen molar-refractivity contribution in [3.8, 4) is 0 Å². The summed E-state index contributed by atoms with van der Waals surface area (Å²) in [6, 6.07) is 0. The van der Waals surface area contributed by atoms with E-state index in [9.17, 15) is 0 Å². The van der Waals surface area contributed by atoms with Crippen LogP contribution in [-0.4, -0.2) is 37.6 Å². The van der Waals surface area contributed by atoms with E-state index >= 15 is 0 Å². The summed E-state index contributed by atoms with van der Waals surface area (Å²) >= 11 is 0. The first-order valence-electron chi connectivity index (χ1n) is 5.90. The number of nitrogens with two attached hydrogens (primary N) is 4. The smallest absolute Gasteiger partial charge is 0.128 e. The fraction of sp³-hybridized carbons (Fsp3) is 1.00. The molecule has 0 saturated heterocycles. The minimum atomic E-state index is -1.17. The Hall–Kier alpha value is -0.240. The number of nitrogens with one attached hydrogen (secondary N) is 1. The maximum atomic E-state index is 6.43. The lowest BCUT2D eigenvalue weighted by Crippen LogP contribution is -2.72. The highest BCUT2D eigenvalue weighted by atomic mass is 15.4. The Labute approximate surface area is 105 Å². The highest BCUT2D eigenvalue weighted by Gasteiger charge is 2.47. The molecule has 0 aliphatic carbocycles. The predicted molar refractivity (Wildman–Crippen MR) is 72.5 cm³/mol. The van der Waals surface area contributed by atoms with Crippen molar-refractivity contribution in [3.05, 3.63) is 0 Å². The van der Waals surface area contributed by atoms with Crippen molar-refractivity contribution >= 4 is 0 Å². The first-order chi connectivity index (χ1) is 7.38. The molecule has 104 valence electrons. The van der Waals surface area contributed by atoms with Crippen molar-refractivity contribution in [2.24, 2.45) is 34.3 Å². The van der Waals surface area contributed by atoms with E-state index in [-0.39, 0.29) is 11.3 Å². The fourth-order valence-electron chi connectivity index (χ4n) is 2.28. The van der Waals surface area contributed by atoms with Gasteiger partial charge in [0.15, 0.2) is 0 Å². The Morgan fingerprint density at radius 2 is 1.53 bits per heavy atom. The molecule has 0 saturated carbocycles. The zero-order chi connectivity index (χ0) is 14.1. The van der Waals surface area contributed by atoms with Crippen LogP contribution in [0.15, 0.2) is 0 Å². The Bertz CT molecular complexity index is 245. The Kier molecular flexibility index (Phi) is 5.10. The van der Waals surface area contributed by atoms with Gasteiger partial charge in [-0.3, -0.25) is 10.2 Å². The molecule has 6 heteroatoms. The summed E-state index contributed by atoms with van der Waals surface area (Å²) in [5.74, 6) is -1.67. The molecule has 2 atom stereocenters. The molecular weight excluding hydrogens is 216 g/mol. The Morgan fingerprint density at radius 3 is 1.76 bits per heavy atom. The molecule has 0 aromatic heterocycles. The molecular formula is C11H30N6. The minimum absolute atomic E-state index is 0.155. The van der Waals surface area contributed by atoms with Crippen LogP contribution in [0.2, 0.25) is 0 Å². The monoisotopic (exact) mass is 246 g/mol. The van der Waals surface area contributed by atoms with Crippen molar-refractivity contribution in [1.82, 2.24) is 10.2 Å². The molecule has 0 bridgehead atoms. The average molecular weight is 246 g/mol. The first-order valence-corrected chi connectivity index (χ1v) is 5.90. The van der Waals surface area contributed by atoms with Crippen LogP contribution in [0.4, 0.5) is 0 Å². The lowest BCUT2D eigenvalue weighted by atomic mass is 9.71. The third kappa shape index (κ3) is 3.61. The van der Waals surface area contributed by atoms with E-state index < -0.39 is 11.6 Å². The van der Waals surface area contributed by atoms with Crippen LogP contribution in [0.1, 0.15) is 27.2 Å². The first kappa shape index (κ1) is 16.8. The zero-order valence-corrected chi connectivity index (χ0v) is 12.0. The van der Waals surface area contributed by atoms with Crippen molar-refractivity contribution in [2.45, 2.75) is 38.8 Å². The molecule has 17 heavy (non-hydrogen) atoms. The lowest BCUT2D eigenvalue weighted by Gasteiger charge is -2.52. The molecule has 0 rings (SSSR count). The molecule has 0 fully saturated rings. The van der Waals surface area contributed by atoms with Gasteiger partial charge in [-0.15, -0.1) is 0 Å². The normalized spacial score (nSPS) is 19.2. The summed E-state index contributed by atoms with van der Waals surface area (Å²) in [5.41, 5.74) is 23.2. The summed E-state index contributed by atoms with van der Waals surface area (Å²) in [4.78, 5) is 1.95. The highest BCUT2D eigenvalue weighted by Crippen LogP contribution is 2.38. The van der Waals surface area contributed by atoms with Gasteiger partial charge in [0.2, 0.25) is 0 Å². The summed E-state index contributed by atoms with van der Waals surface area (Å²) in [5, 5.41) is 3.17. The molecule has 0 aliphatic rings. The molecule has 9 N–H and O–H groups in total. The van der Waals surface area contributed by atoms with Gasteiger partial charge >= 0.3 is 0 Å². The van der Waals surface area contributed by atoms with Crippen molar-refractivity contribution in [1.29, 1.82) is 0 Å². The van der Waals surface area contributed by atoms with E-state index in [0.717, 1.165) is 0 Å². The maximum Gasteiger partial charge on any atom is 0.128 e. The largest absolute Gasteiger partial charge is 0.301 e. The lowest BCUT2D eigenvalue weighted by molar-refractivity contribution is -0.0445. The molecule has 0 aromatic carbocycles. The summed E-state index contributed by atoms with van der Waals surface area (Å²) in [6.45, 7) is 6.23. The van der Waals surface area contributed by atoms with Crippen LogP contribution in [-0.2, 0) is 0 Å². The van der Waals surface area contributed by atoms with Gasteiger partial charge in [-0.25, -0.2) is 0 Å². The van der Waals surface area contributed by atoms with Gasteiger partial charge < -0.3 is 22.9 Å². The van der Waals surface area contributed by atoms with Gasteiger partial charge in [-0.05, 0) is 33.5 Å². The summed E-state index contributed by atoms with van der Waals surface area (Å²) in [7, 11) is 5.71. The van der Waals surface area contributed by atoms with Crippen LogP contribution in [0.25, 0.3) is 0 Å². The Morgan fingerprint density at radius 1 is 1.12 bits per heavy atom. The van der Waals surface area contributed by atoms with E-state index in [1.54, 1.807) is 0 Å². The topological polar surface area (TPSA) is 119 Å². The number of nitrogens with zero attached hydrogens (tertiary/aromatic N) is 1. The molecule has 0 aromatic rings. The minimum Gasteiger partial charge on any atom is -0.301 e. The third-order valence-corrected chi connectivity index (χ3v) is 3.96. The van der Waals surface area contributed by atoms with Crippen LogP contribution in [0.3, 0.4) is 0 Å². The van der Waals surface area contributed by atoms with E-state index in [0.29, 0.717) is 6.42 Å². The van der Waals surface area contributed by atoms with Crippen LogP contribution < -0.4 is 28.3 Å². The summed E-state index contributed by atoms with van der Waals surface area (Å²) in [6.07, 6.45) is 0.495. The zero-order valence-electron chi connectivity index (χ0n) is 12.0. The molecule has 0 amide bonds. The standard InChI is InChI=1S/C11H30N6/c1-8(7-10(12,13)14)9(2,3)11(15,16-4)17(5)6/h8,16H,7,12-15H2,1-6H3. The quantitative estimate of drug-likeness (QED) is 0.382. The van der Waals surface area contributed by atoms with E-state index in [1.165, 1.54) is 0 Å². The van der Waals surface area contributed by atoms with E-state index in [1.807, 2.05) is 26.0 Å². The van der Waals surface area contributed by atoms with Crippen LogP contribution in [0.5, 0.6) is 0 Å². The van der Waals surface area contributed by atoms with Crippen molar-refractivity contribution in [2.75, 3.05) is 21.1 Å².